The van der Waals surface area contributed by atoms with Crippen LogP contribution in [0.2, 0.25) is 0 Å². The summed E-state index contributed by atoms with van der Waals surface area (Å²) in [5.74, 6) is 0.364. The molecule has 4 heteroatoms. The van der Waals surface area contributed by atoms with Gasteiger partial charge >= 0.3 is 5.97 Å². The Hall–Kier alpha value is -1.55. The highest BCUT2D eigenvalue weighted by Gasteiger charge is 2.20. The molecule has 0 atom stereocenters. The van der Waals surface area contributed by atoms with Crippen molar-refractivity contribution in [2.24, 2.45) is 5.92 Å². The Balaban J connectivity index is 1.80. The summed E-state index contributed by atoms with van der Waals surface area (Å²) in [5.41, 5.74) is 0.231. The van der Waals surface area contributed by atoms with Crippen LogP contribution in [0.4, 0.5) is 0 Å². The fourth-order valence-corrected chi connectivity index (χ4v) is 2.47. The summed E-state index contributed by atoms with van der Waals surface area (Å²) < 4.78 is 5.64. The summed E-state index contributed by atoms with van der Waals surface area (Å²) in [7, 11) is 0. The maximum absolute atomic E-state index is 11.1. The summed E-state index contributed by atoms with van der Waals surface area (Å²) in [6, 6.07) is 6.80. The molecule has 0 aromatic heterocycles. The summed E-state index contributed by atoms with van der Waals surface area (Å²) in [4.78, 5) is 13.5. The summed E-state index contributed by atoms with van der Waals surface area (Å²) in [5, 5.41) is 9.09. The molecule has 0 saturated heterocycles. The third-order valence-corrected chi connectivity index (χ3v) is 3.97. The van der Waals surface area contributed by atoms with Gasteiger partial charge in [-0.1, -0.05) is 25.5 Å². The lowest BCUT2D eigenvalue weighted by Crippen LogP contribution is -2.35. The number of hydrogen-bond acceptors (Lipinski definition) is 3. The quantitative estimate of drug-likeness (QED) is 0.794. The van der Waals surface area contributed by atoms with E-state index in [1.54, 1.807) is 24.3 Å². The van der Waals surface area contributed by atoms with E-state index >= 15 is 0 Å². The molecule has 0 bridgehead atoms. The summed E-state index contributed by atoms with van der Waals surface area (Å²) in [6.07, 6.45) is 4.06. The van der Waals surface area contributed by atoms with Gasteiger partial charge in [-0.2, -0.15) is 0 Å². The monoisotopic (exact) mass is 277 g/mol. The van der Waals surface area contributed by atoms with Crippen LogP contribution in [0, 0.1) is 5.92 Å². The first-order valence-electron chi connectivity index (χ1n) is 7.38. The average molecular weight is 277 g/mol. The third-order valence-electron chi connectivity index (χ3n) is 3.97. The molecule has 110 valence electrons. The van der Waals surface area contributed by atoms with Gasteiger partial charge in [0.1, 0.15) is 17.9 Å². The Morgan fingerprint density at radius 1 is 1.40 bits per heavy atom. The molecule has 4 nitrogen and oxygen atoms in total. The highest BCUT2D eigenvalue weighted by molar-refractivity contribution is 5.90. The fourth-order valence-electron chi connectivity index (χ4n) is 2.47. The van der Waals surface area contributed by atoms with Crippen molar-refractivity contribution in [1.29, 1.82) is 0 Å². The van der Waals surface area contributed by atoms with Crippen LogP contribution in [0.25, 0.3) is 0 Å². The van der Waals surface area contributed by atoms with E-state index in [-0.39, 0.29) is 5.56 Å². The van der Waals surface area contributed by atoms with Crippen molar-refractivity contribution in [1.82, 2.24) is 4.90 Å². The number of carboxylic acids is 1. The lowest BCUT2D eigenvalue weighted by atomic mass is 9.85. The molecule has 0 amide bonds. The van der Waals surface area contributed by atoms with Gasteiger partial charge in [0.05, 0.1) is 0 Å². The van der Waals surface area contributed by atoms with Gasteiger partial charge in [0.2, 0.25) is 0 Å². The minimum absolute atomic E-state index is 0.231. The van der Waals surface area contributed by atoms with E-state index < -0.39 is 5.97 Å². The highest BCUT2D eigenvalue weighted by Crippen LogP contribution is 2.27. The van der Waals surface area contributed by atoms with Gasteiger partial charge in [-0.05, 0) is 37.4 Å². The van der Waals surface area contributed by atoms with Crippen LogP contribution >= 0.6 is 0 Å². The number of carboxylic acid groups (broad SMARTS) is 1. The van der Waals surface area contributed by atoms with E-state index in [2.05, 4.69) is 11.8 Å². The molecule has 0 unspecified atom stereocenters. The summed E-state index contributed by atoms with van der Waals surface area (Å²) >= 11 is 0. The van der Waals surface area contributed by atoms with Crippen LogP contribution < -0.4 is 4.74 Å². The van der Waals surface area contributed by atoms with E-state index in [4.69, 9.17) is 9.84 Å². The lowest BCUT2D eigenvalue weighted by molar-refractivity contribution is 0.0691. The fraction of sp³-hybridized carbons (Fsp3) is 0.562. The minimum Gasteiger partial charge on any atom is -0.491 e. The average Bonchev–Trinajstić information content (AvgIpc) is 2.40. The number of para-hydroxylation sites is 1. The number of nitrogens with zero attached hydrogens (tertiary/aromatic N) is 1. The predicted molar refractivity (Wildman–Crippen MR) is 78.4 cm³/mol. The predicted octanol–water partition coefficient (Wildman–Crippen LogP) is 2.89. The van der Waals surface area contributed by atoms with Crippen molar-refractivity contribution in [2.45, 2.75) is 26.2 Å². The Morgan fingerprint density at radius 2 is 2.15 bits per heavy atom. The molecule has 0 heterocycles. The first-order chi connectivity index (χ1) is 9.70. The van der Waals surface area contributed by atoms with Gasteiger partial charge in [-0.3, -0.25) is 4.90 Å². The van der Waals surface area contributed by atoms with Gasteiger partial charge in [-0.25, -0.2) is 4.79 Å². The molecule has 20 heavy (non-hydrogen) atoms. The van der Waals surface area contributed by atoms with Gasteiger partial charge in [0.15, 0.2) is 0 Å². The van der Waals surface area contributed by atoms with Crippen LogP contribution in [0.5, 0.6) is 5.75 Å². The number of ether oxygens (including phenoxy) is 1. The number of rotatable bonds is 8. The second-order valence-electron chi connectivity index (χ2n) is 5.34. The molecule has 0 radical (unpaired) electrons. The van der Waals surface area contributed by atoms with E-state index in [0.717, 1.165) is 25.6 Å². The van der Waals surface area contributed by atoms with Crippen molar-refractivity contribution in [2.75, 3.05) is 26.2 Å². The SMILES string of the molecule is CCN(CCOc1ccccc1C(=O)O)CC1CCC1. The molecule has 1 fully saturated rings. The first-order valence-corrected chi connectivity index (χ1v) is 7.38. The topological polar surface area (TPSA) is 49.8 Å². The molecule has 2 rings (SSSR count). The number of carbonyl (C=O) groups is 1. The molecule has 1 aromatic rings. The van der Waals surface area contributed by atoms with Gasteiger partial charge < -0.3 is 9.84 Å². The van der Waals surface area contributed by atoms with E-state index in [1.807, 2.05) is 0 Å². The Morgan fingerprint density at radius 3 is 2.75 bits per heavy atom. The van der Waals surface area contributed by atoms with Crippen LogP contribution in [0.3, 0.4) is 0 Å². The molecule has 0 aliphatic heterocycles. The molecule has 1 aromatic carbocycles. The number of hydrogen-bond donors (Lipinski definition) is 1. The largest absolute Gasteiger partial charge is 0.491 e. The third kappa shape index (κ3) is 3.97. The van der Waals surface area contributed by atoms with Crippen LogP contribution in [-0.2, 0) is 0 Å². The zero-order valence-electron chi connectivity index (χ0n) is 12.0. The summed E-state index contributed by atoms with van der Waals surface area (Å²) in [6.45, 7) is 5.69. The molecule has 1 saturated carbocycles. The highest BCUT2D eigenvalue weighted by atomic mass is 16.5. The second-order valence-corrected chi connectivity index (χ2v) is 5.34. The van der Waals surface area contributed by atoms with Gasteiger partial charge in [0, 0.05) is 13.1 Å². The standard InChI is InChI=1S/C16H23NO3/c1-2-17(12-13-6-5-7-13)10-11-20-15-9-4-3-8-14(15)16(18)19/h3-4,8-9,13H,2,5-7,10-12H2,1H3,(H,18,19). The van der Waals surface area contributed by atoms with Crippen molar-refractivity contribution in [3.8, 4) is 5.75 Å². The van der Waals surface area contributed by atoms with Crippen LogP contribution in [-0.4, -0.2) is 42.2 Å². The smallest absolute Gasteiger partial charge is 0.339 e. The molecule has 1 aliphatic rings. The second kappa shape index (κ2) is 7.29. The van der Waals surface area contributed by atoms with Gasteiger partial charge in [-0.15, -0.1) is 0 Å². The maximum Gasteiger partial charge on any atom is 0.339 e. The van der Waals surface area contributed by atoms with Crippen molar-refractivity contribution in [3.05, 3.63) is 29.8 Å². The van der Waals surface area contributed by atoms with Crippen molar-refractivity contribution >= 4 is 5.97 Å². The maximum atomic E-state index is 11.1. The Kier molecular flexibility index (Phi) is 5.41. The molecule has 1 N–H and O–H groups in total. The molecular formula is C16H23NO3. The van der Waals surface area contributed by atoms with Crippen LogP contribution in [0.15, 0.2) is 24.3 Å². The zero-order chi connectivity index (χ0) is 14.4. The Bertz CT molecular complexity index is 443. The lowest BCUT2D eigenvalue weighted by Gasteiger charge is -2.31. The van der Waals surface area contributed by atoms with E-state index in [0.29, 0.717) is 12.4 Å². The molecule has 1 aliphatic carbocycles. The van der Waals surface area contributed by atoms with Crippen molar-refractivity contribution < 1.29 is 14.6 Å². The van der Waals surface area contributed by atoms with Crippen molar-refractivity contribution in [3.63, 3.8) is 0 Å². The molecular weight excluding hydrogens is 254 g/mol. The van der Waals surface area contributed by atoms with E-state index in [9.17, 15) is 4.79 Å². The number of likely N-dealkylation sites (N-methyl/N-ethyl adjacent to an activating group) is 1. The normalized spacial score (nSPS) is 15.1. The Labute approximate surface area is 120 Å². The number of benzene rings is 1. The number of aromatic carboxylic acids is 1. The molecule has 0 spiro atoms. The first kappa shape index (κ1) is 14.9. The van der Waals surface area contributed by atoms with Crippen LogP contribution in [0.1, 0.15) is 36.5 Å². The zero-order valence-corrected chi connectivity index (χ0v) is 12.0. The minimum atomic E-state index is -0.942. The van der Waals surface area contributed by atoms with Gasteiger partial charge in [0.25, 0.3) is 0 Å². The van der Waals surface area contributed by atoms with E-state index in [1.165, 1.54) is 19.3 Å².